The molecular formula is C14H20N2O3. The fraction of sp³-hybridized carbons (Fsp3) is 0.500. The van der Waals surface area contributed by atoms with E-state index in [-0.39, 0.29) is 6.10 Å². The van der Waals surface area contributed by atoms with Crippen LogP contribution in [-0.2, 0) is 4.74 Å². The van der Waals surface area contributed by atoms with E-state index in [2.05, 4.69) is 11.9 Å². The number of rotatable bonds is 3. The van der Waals surface area contributed by atoms with Gasteiger partial charge in [0.15, 0.2) is 0 Å². The van der Waals surface area contributed by atoms with E-state index in [0.717, 1.165) is 25.9 Å². The van der Waals surface area contributed by atoms with Crippen LogP contribution in [0.1, 0.15) is 23.2 Å². The van der Waals surface area contributed by atoms with Crippen molar-refractivity contribution in [3.63, 3.8) is 0 Å². The van der Waals surface area contributed by atoms with E-state index in [1.807, 2.05) is 0 Å². The minimum Gasteiger partial charge on any atom is -0.488 e. The van der Waals surface area contributed by atoms with Crippen molar-refractivity contribution in [3.05, 3.63) is 23.8 Å². The van der Waals surface area contributed by atoms with Crippen LogP contribution in [0.4, 0.5) is 5.69 Å². The van der Waals surface area contributed by atoms with Crippen molar-refractivity contribution in [2.45, 2.75) is 18.9 Å². The molecule has 0 aliphatic carbocycles. The summed E-state index contributed by atoms with van der Waals surface area (Å²) in [4.78, 5) is 13.8. The number of esters is 1. The SMILES string of the molecule is COC(=O)c1cccc(OC2CCN(C)CC2)c1N. The number of nitrogens with zero attached hydrogens (tertiary/aromatic N) is 1. The molecule has 0 atom stereocenters. The smallest absolute Gasteiger partial charge is 0.340 e. The summed E-state index contributed by atoms with van der Waals surface area (Å²) < 4.78 is 10.6. The maximum absolute atomic E-state index is 11.6. The summed E-state index contributed by atoms with van der Waals surface area (Å²) in [5.41, 5.74) is 6.68. The number of methoxy groups -OCH3 is 1. The minimum atomic E-state index is -0.439. The van der Waals surface area contributed by atoms with Crippen LogP contribution in [0.5, 0.6) is 5.75 Å². The number of carbonyl (C=O) groups is 1. The van der Waals surface area contributed by atoms with Crippen molar-refractivity contribution in [2.24, 2.45) is 0 Å². The number of hydrogen-bond acceptors (Lipinski definition) is 5. The third-order valence-electron chi connectivity index (χ3n) is 3.43. The van der Waals surface area contributed by atoms with Gasteiger partial charge in [-0.15, -0.1) is 0 Å². The highest BCUT2D eigenvalue weighted by Gasteiger charge is 2.20. The highest BCUT2D eigenvalue weighted by Crippen LogP contribution is 2.28. The van der Waals surface area contributed by atoms with Crippen molar-refractivity contribution >= 4 is 11.7 Å². The molecule has 0 aromatic heterocycles. The first kappa shape index (κ1) is 13.7. The summed E-state index contributed by atoms with van der Waals surface area (Å²) in [5, 5.41) is 0. The predicted octanol–water partition coefficient (Wildman–Crippen LogP) is 1.53. The summed E-state index contributed by atoms with van der Waals surface area (Å²) in [5.74, 6) is 0.129. The van der Waals surface area contributed by atoms with Crippen LogP contribution in [0, 0.1) is 0 Å². The second kappa shape index (κ2) is 5.93. The van der Waals surface area contributed by atoms with Gasteiger partial charge in [-0.1, -0.05) is 6.07 Å². The standard InChI is InChI=1S/C14H20N2O3/c1-16-8-6-10(7-9-16)19-12-5-3-4-11(13(12)15)14(17)18-2/h3-5,10H,6-9,15H2,1-2H3. The van der Waals surface area contributed by atoms with Gasteiger partial charge < -0.3 is 20.1 Å². The first-order chi connectivity index (χ1) is 9.11. The fourth-order valence-electron chi connectivity index (χ4n) is 2.22. The first-order valence-electron chi connectivity index (χ1n) is 6.44. The van der Waals surface area contributed by atoms with Gasteiger partial charge in [-0.25, -0.2) is 4.79 Å². The fourth-order valence-corrected chi connectivity index (χ4v) is 2.22. The third kappa shape index (κ3) is 3.17. The van der Waals surface area contributed by atoms with E-state index in [0.29, 0.717) is 17.0 Å². The van der Waals surface area contributed by atoms with Gasteiger partial charge in [-0.2, -0.15) is 0 Å². The Labute approximate surface area is 113 Å². The van der Waals surface area contributed by atoms with Crippen LogP contribution in [0.25, 0.3) is 0 Å². The van der Waals surface area contributed by atoms with E-state index in [4.69, 9.17) is 15.2 Å². The van der Waals surface area contributed by atoms with E-state index in [1.165, 1.54) is 7.11 Å². The molecule has 19 heavy (non-hydrogen) atoms. The molecule has 5 heteroatoms. The first-order valence-corrected chi connectivity index (χ1v) is 6.44. The lowest BCUT2D eigenvalue weighted by Gasteiger charge is -2.29. The largest absolute Gasteiger partial charge is 0.488 e. The molecule has 1 fully saturated rings. The maximum atomic E-state index is 11.6. The number of para-hydroxylation sites is 1. The van der Waals surface area contributed by atoms with Gasteiger partial charge in [0, 0.05) is 13.1 Å². The maximum Gasteiger partial charge on any atom is 0.340 e. The number of piperidine rings is 1. The van der Waals surface area contributed by atoms with Gasteiger partial charge in [-0.3, -0.25) is 0 Å². The molecular weight excluding hydrogens is 244 g/mol. The average molecular weight is 264 g/mol. The summed E-state index contributed by atoms with van der Waals surface area (Å²) in [7, 11) is 3.44. The van der Waals surface area contributed by atoms with E-state index >= 15 is 0 Å². The number of benzene rings is 1. The summed E-state index contributed by atoms with van der Waals surface area (Å²) >= 11 is 0. The average Bonchev–Trinajstić information content (AvgIpc) is 2.43. The third-order valence-corrected chi connectivity index (χ3v) is 3.43. The minimum absolute atomic E-state index is 0.159. The molecule has 1 saturated heterocycles. The van der Waals surface area contributed by atoms with Gasteiger partial charge in [-0.05, 0) is 32.0 Å². The number of carbonyl (C=O) groups excluding carboxylic acids is 1. The Hall–Kier alpha value is -1.75. The number of nitrogens with two attached hydrogens (primary N) is 1. The molecule has 0 unspecified atom stereocenters. The van der Waals surface area contributed by atoms with Crippen molar-refractivity contribution in [1.29, 1.82) is 0 Å². The van der Waals surface area contributed by atoms with Crippen molar-refractivity contribution in [1.82, 2.24) is 4.90 Å². The summed E-state index contributed by atoms with van der Waals surface area (Å²) in [6.45, 7) is 2.03. The van der Waals surface area contributed by atoms with Gasteiger partial charge in [0.05, 0.1) is 18.4 Å². The zero-order chi connectivity index (χ0) is 13.8. The zero-order valence-corrected chi connectivity index (χ0v) is 11.4. The lowest BCUT2D eigenvalue weighted by Crippen LogP contribution is -2.35. The molecule has 1 aliphatic rings. The molecule has 0 saturated carbocycles. The molecule has 104 valence electrons. The monoisotopic (exact) mass is 264 g/mol. The van der Waals surface area contributed by atoms with Crippen molar-refractivity contribution in [2.75, 3.05) is 33.0 Å². The molecule has 1 aromatic rings. The molecule has 0 bridgehead atoms. The van der Waals surface area contributed by atoms with Crippen LogP contribution in [0.15, 0.2) is 18.2 Å². The Morgan fingerprint density at radius 3 is 2.68 bits per heavy atom. The molecule has 1 aromatic carbocycles. The van der Waals surface area contributed by atoms with Crippen LogP contribution in [0.2, 0.25) is 0 Å². The summed E-state index contributed by atoms with van der Waals surface area (Å²) in [6, 6.07) is 5.19. The zero-order valence-electron chi connectivity index (χ0n) is 11.4. The highest BCUT2D eigenvalue weighted by molar-refractivity contribution is 5.96. The van der Waals surface area contributed by atoms with E-state index in [9.17, 15) is 4.79 Å². The normalized spacial score (nSPS) is 17.2. The Morgan fingerprint density at radius 1 is 1.37 bits per heavy atom. The van der Waals surface area contributed by atoms with Gasteiger partial charge in [0.25, 0.3) is 0 Å². The van der Waals surface area contributed by atoms with Crippen LogP contribution >= 0.6 is 0 Å². The van der Waals surface area contributed by atoms with Gasteiger partial charge >= 0.3 is 5.97 Å². The predicted molar refractivity (Wildman–Crippen MR) is 73.3 cm³/mol. The van der Waals surface area contributed by atoms with Gasteiger partial charge in [0.1, 0.15) is 11.9 Å². The lowest BCUT2D eigenvalue weighted by molar-refractivity contribution is 0.0600. The number of nitrogen functional groups attached to an aromatic ring is 1. The van der Waals surface area contributed by atoms with Crippen molar-refractivity contribution in [3.8, 4) is 5.75 Å². The van der Waals surface area contributed by atoms with Crippen LogP contribution in [0.3, 0.4) is 0 Å². The van der Waals surface area contributed by atoms with Crippen molar-refractivity contribution < 1.29 is 14.3 Å². The van der Waals surface area contributed by atoms with Gasteiger partial charge in [0.2, 0.25) is 0 Å². The molecule has 0 amide bonds. The topological polar surface area (TPSA) is 64.8 Å². The number of anilines is 1. The Bertz CT molecular complexity index is 454. The number of ether oxygens (including phenoxy) is 2. The van der Waals surface area contributed by atoms with Crippen LogP contribution in [-0.4, -0.2) is 44.2 Å². The Morgan fingerprint density at radius 2 is 2.05 bits per heavy atom. The van der Waals surface area contributed by atoms with E-state index < -0.39 is 5.97 Å². The molecule has 0 spiro atoms. The molecule has 2 rings (SSSR count). The number of hydrogen-bond donors (Lipinski definition) is 1. The van der Waals surface area contributed by atoms with E-state index in [1.54, 1.807) is 18.2 Å². The van der Waals surface area contributed by atoms with Crippen LogP contribution < -0.4 is 10.5 Å². The molecule has 1 heterocycles. The highest BCUT2D eigenvalue weighted by atomic mass is 16.5. The second-order valence-corrected chi connectivity index (χ2v) is 4.83. The Balaban J connectivity index is 2.10. The molecule has 2 N–H and O–H groups in total. The Kier molecular flexibility index (Phi) is 4.27. The lowest BCUT2D eigenvalue weighted by atomic mass is 10.1. The molecule has 0 radical (unpaired) electrons. The molecule has 5 nitrogen and oxygen atoms in total. The quantitative estimate of drug-likeness (QED) is 0.662. The molecule has 1 aliphatic heterocycles. The second-order valence-electron chi connectivity index (χ2n) is 4.83. The number of likely N-dealkylation sites (tertiary alicyclic amines) is 1. The summed E-state index contributed by atoms with van der Waals surface area (Å²) in [6.07, 6.45) is 2.10.